The summed E-state index contributed by atoms with van der Waals surface area (Å²) in [5.41, 5.74) is 6.29. The van der Waals surface area contributed by atoms with Crippen molar-refractivity contribution < 1.29 is 9.53 Å². The first-order chi connectivity index (χ1) is 9.10. The minimum Gasteiger partial charge on any atom is -0.493 e. The van der Waals surface area contributed by atoms with Crippen LogP contribution in [-0.2, 0) is 4.79 Å². The molecule has 4 nitrogen and oxygen atoms in total. The van der Waals surface area contributed by atoms with E-state index >= 15 is 0 Å². The Kier molecular flexibility index (Phi) is 4.10. The molecular formula is C15H22N2O2. The van der Waals surface area contributed by atoms with Crippen molar-refractivity contribution in [3.8, 4) is 5.75 Å². The van der Waals surface area contributed by atoms with Gasteiger partial charge in [-0.1, -0.05) is 25.1 Å². The highest BCUT2D eigenvalue weighted by Gasteiger charge is 2.32. The lowest BCUT2D eigenvalue weighted by atomic mass is 9.86. The zero-order valence-corrected chi connectivity index (χ0v) is 11.6. The molecule has 1 amide bonds. The minimum atomic E-state index is -0.493. The predicted octanol–water partition coefficient (Wildman–Crippen LogP) is 2.00. The van der Waals surface area contributed by atoms with Crippen molar-refractivity contribution in [1.82, 2.24) is 5.32 Å². The summed E-state index contributed by atoms with van der Waals surface area (Å²) in [6, 6.07) is 7.88. The van der Waals surface area contributed by atoms with Gasteiger partial charge >= 0.3 is 0 Å². The van der Waals surface area contributed by atoms with Gasteiger partial charge in [0.2, 0.25) is 5.91 Å². The number of amides is 1. The summed E-state index contributed by atoms with van der Waals surface area (Å²) >= 11 is 0. The van der Waals surface area contributed by atoms with Crippen molar-refractivity contribution >= 4 is 5.91 Å². The van der Waals surface area contributed by atoms with Crippen molar-refractivity contribution in [3.05, 3.63) is 29.8 Å². The number of para-hydroxylation sites is 1. The van der Waals surface area contributed by atoms with Crippen molar-refractivity contribution in [2.75, 3.05) is 13.2 Å². The number of benzene rings is 1. The van der Waals surface area contributed by atoms with Gasteiger partial charge in [0.1, 0.15) is 5.75 Å². The largest absolute Gasteiger partial charge is 0.493 e. The van der Waals surface area contributed by atoms with Crippen LogP contribution in [-0.4, -0.2) is 19.1 Å². The number of hydrogen-bond donors (Lipinski definition) is 2. The summed E-state index contributed by atoms with van der Waals surface area (Å²) in [5.74, 6) is 0.893. The van der Waals surface area contributed by atoms with E-state index in [4.69, 9.17) is 10.5 Å². The van der Waals surface area contributed by atoms with E-state index in [0.29, 0.717) is 13.2 Å². The quantitative estimate of drug-likeness (QED) is 0.872. The van der Waals surface area contributed by atoms with Crippen LogP contribution in [0.25, 0.3) is 0 Å². The van der Waals surface area contributed by atoms with Crippen LogP contribution >= 0.6 is 0 Å². The number of ether oxygens (including phenoxy) is 1. The molecule has 2 unspecified atom stereocenters. The molecule has 4 heteroatoms. The third-order valence-corrected chi connectivity index (χ3v) is 4.04. The van der Waals surface area contributed by atoms with Gasteiger partial charge in [-0.05, 0) is 19.4 Å². The van der Waals surface area contributed by atoms with Crippen molar-refractivity contribution in [1.29, 1.82) is 0 Å². The Bertz CT molecular complexity index is 455. The number of carbonyl (C=O) groups is 1. The van der Waals surface area contributed by atoms with Gasteiger partial charge in [-0.2, -0.15) is 0 Å². The summed E-state index contributed by atoms with van der Waals surface area (Å²) in [4.78, 5) is 12.4. The summed E-state index contributed by atoms with van der Waals surface area (Å²) in [6.45, 7) is 4.89. The number of rotatable bonds is 4. The molecule has 0 saturated carbocycles. The zero-order chi connectivity index (χ0) is 13.9. The molecular weight excluding hydrogens is 240 g/mol. The Morgan fingerprint density at radius 3 is 2.95 bits per heavy atom. The van der Waals surface area contributed by atoms with Gasteiger partial charge in [-0.25, -0.2) is 0 Å². The van der Waals surface area contributed by atoms with Crippen LogP contribution in [0.1, 0.15) is 38.3 Å². The first kappa shape index (κ1) is 13.9. The number of hydrogen-bond acceptors (Lipinski definition) is 3. The Morgan fingerprint density at radius 1 is 1.53 bits per heavy atom. The van der Waals surface area contributed by atoms with Crippen molar-refractivity contribution in [2.24, 2.45) is 11.1 Å². The number of carbonyl (C=O) groups excluding carboxylic acids is 1. The molecule has 0 spiro atoms. The molecule has 0 bridgehead atoms. The molecule has 19 heavy (non-hydrogen) atoms. The van der Waals surface area contributed by atoms with E-state index < -0.39 is 5.41 Å². The van der Waals surface area contributed by atoms with E-state index in [2.05, 4.69) is 5.32 Å². The third kappa shape index (κ3) is 2.73. The maximum Gasteiger partial charge on any atom is 0.227 e. The van der Waals surface area contributed by atoms with Crippen LogP contribution in [0.2, 0.25) is 0 Å². The summed E-state index contributed by atoms with van der Waals surface area (Å²) in [6.07, 6.45) is 1.54. The highest BCUT2D eigenvalue weighted by molar-refractivity contribution is 5.83. The van der Waals surface area contributed by atoms with Crippen LogP contribution in [0.4, 0.5) is 0 Å². The van der Waals surface area contributed by atoms with Crippen LogP contribution < -0.4 is 15.8 Å². The average molecular weight is 262 g/mol. The molecule has 2 rings (SSSR count). The van der Waals surface area contributed by atoms with Crippen LogP contribution in [0.5, 0.6) is 5.75 Å². The molecule has 1 aromatic carbocycles. The standard InChI is InChI=1S/C15H22N2O2/c1-3-15(2,10-16)14(18)17-12-8-9-19-13-7-5-4-6-11(12)13/h4-7,12H,3,8-10,16H2,1-2H3,(H,17,18). The molecule has 0 saturated heterocycles. The molecule has 0 radical (unpaired) electrons. The lowest BCUT2D eigenvalue weighted by Crippen LogP contribution is -2.45. The fourth-order valence-corrected chi connectivity index (χ4v) is 2.22. The topological polar surface area (TPSA) is 64.4 Å². The fourth-order valence-electron chi connectivity index (χ4n) is 2.22. The van der Waals surface area contributed by atoms with Crippen LogP contribution in [0.15, 0.2) is 24.3 Å². The van der Waals surface area contributed by atoms with Gasteiger partial charge < -0.3 is 15.8 Å². The smallest absolute Gasteiger partial charge is 0.227 e. The first-order valence-corrected chi connectivity index (χ1v) is 6.83. The van der Waals surface area contributed by atoms with Gasteiger partial charge in [-0.3, -0.25) is 4.79 Å². The fraction of sp³-hybridized carbons (Fsp3) is 0.533. The Morgan fingerprint density at radius 2 is 2.26 bits per heavy atom. The molecule has 1 aliphatic rings. The second-order valence-electron chi connectivity index (χ2n) is 5.32. The van der Waals surface area contributed by atoms with Gasteiger partial charge in [0.05, 0.1) is 18.1 Å². The second kappa shape index (κ2) is 5.61. The summed E-state index contributed by atoms with van der Waals surface area (Å²) in [5, 5.41) is 3.12. The third-order valence-electron chi connectivity index (χ3n) is 4.04. The molecule has 3 N–H and O–H groups in total. The van der Waals surface area contributed by atoms with Gasteiger partial charge in [0.25, 0.3) is 0 Å². The van der Waals surface area contributed by atoms with E-state index in [-0.39, 0.29) is 11.9 Å². The molecule has 1 heterocycles. The lowest BCUT2D eigenvalue weighted by molar-refractivity contribution is -0.130. The van der Waals surface area contributed by atoms with Gasteiger partial charge in [0.15, 0.2) is 0 Å². The van der Waals surface area contributed by atoms with Crippen LogP contribution in [0, 0.1) is 5.41 Å². The van der Waals surface area contributed by atoms with Crippen LogP contribution in [0.3, 0.4) is 0 Å². The maximum atomic E-state index is 12.4. The maximum absolute atomic E-state index is 12.4. The van der Waals surface area contributed by atoms with E-state index in [9.17, 15) is 4.79 Å². The summed E-state index contributed by atoms with van der Waals surface area (Å²) in [7, 11) is 0. The zero-order valence-electron chi connectivity index (χ0n) is 11.6. The minimum absolute atomic E-state index is 0.0230. The summed E-state index contributed by atoms with van der Waals surface area (Å²) < 4.78 is 5.60. The first-order valence-electron chi connectivity index (χ1n) is 6.83. The molecule has 1 aromatic rings. The van der Waals surface area contributed by atoms with Crippen molar-refractivity contribution in [3.63, 3.8) is 0 Å². The normalized spacial score (nSPS) is 20.9. The molecule has 0 aromatic heterocycles. The second-order valence-corrected chi connectivity index (χ2v) is 5.32. The average Bonchev–Trinajstić information content (AvgIpc) is 2.46. The Hall–Kier alpha value is -1.55. The predicted molar refractivity (Wildman–Crippen MR) is 74.9 cm³/mol. The molecule has 104 valence electrons. The molecule has 2 atom stereocenters. The molecule has 1 aliphatic heterocycles. The van der Waals surface area contributed by atoms with E-state index in [1.165, 1.54) is 0 Å². The van der Waals surface area contributed by atoms with E-state index in [1.54, 1.807) is 0 Å². The number of nitrogens with one attached hydrogen (secondary N) is 1. The SMILES string of the molecule is CCC(C)(CN)C(=O)NC1CCOc2ccccc21. The molecule has 0 fully saturated rings. The highest BCUT2D eigenvalue weighted by atomic mass is 16.5. The number of fused-ring (bicyclic) bond motifs is 1. The monoisotopic (exact) mass is 262 g/mol. The van der Waals surface area contributed by atoms with Crippen molar-refractivity contribution in [2.45, 2.75) is 32.7 Å². The highest BCUT2D eigenvalue weighted by Crippen LogP contribution is 2.32. The molecule has 0 aliphatic carbocycles. The van der Waals surface area contributed by atoms with E-state index in [1.807, 2.05) is 38.1 Å². The lowest BCUT2D eigenvalue weighted by Gasteiger charge is -2.31. The van der Waals surface area contributed by atoms with Gasteiger partial charge in [-0.15, -0.1) is 0 Å². The number of nitrogens with two attached hydrogens (primary N) is 1. The van der Waals surface area contributed by atoms with Gasteiger partial charge in [0, 0.05) is 18.5 Å². The Labute approximate surface area is 114 Å². The Balaban J connectivity index is 2.15. The van der Waals surface area contributed by atoms with E-state index in [0.717, 1.165) is 24.2 Å².